The molecular formula is C17H17N3O. The van der Waals surface area contributed by atoms with E-state index in [0.29, 0.717) is 0 Å². The SMILES string of the molecule is CCNCc1cncc(Oc2cnc3ccccc3c2)c1. The fourth-order valence-electron chi connectivity index (χ4n) is 2.13. The Labute approximate surface area is 123 Å². The molecule has 2 aromatic heterocycles. The molecule has 3 aromatic rings. The second-order valence-corrected chi connectivity index (χ2v) is 4.78. The van der Waals surface area contributed by atoms with Crippen molar-refractivity contribution in [2.24, 2.45) is 0 Å². The van der Waals surface area contributed by atoms with Gasteiger partial charge in [-0.25, -0.2) is 0 Å². The Kier molecular flexibility index (Phi) is 4.07. The summed E-state index contributed by atoms with van der Waals surface area (Å²) in [6.45, 7) is 3.80. The van der Waals surface area contributed by atoms with Crippen LogP contribution in [-0.4, -0.2) is 16.5 Å². The number of aromatic nitrogens is 2. The third-order valence-electron chi connectivity index (χ3n) is 3.15. The van der Waals surface area contributed by atoms with Gasteiger partial charge in [-0.15, -0.1) is 0 Å². The van der Waals surface area contributed by atoms with Gasteiger partial charge in [-0.2, -0.15) is 0 Å². The van der Waals surface area contributed by atoms with Gasteiger partial charge in [-0.05, 0) is 30.3 Å². The van der Waals surface area contributed by atoms with Crippen LogP contribution in [0, 0.1) is 0 Å². The molecule has 1 aromatic carbocycles. The van der Waals surface area contributed by atoms with Gasteiger partial charge >= 0.3 is 0 Å². The van der Waals surface area contributed by atoms with E-state index in [2.05, 4.69) is 22.2 Å². The number of fused-ring (bicyclic) bond motifs is 1. The molecule has 0 unspecified atom stereocenters. The van der Waals surface area contributed by atoms with Crippen molar-refractivity contribution in [1.29, 1.82) is 0 Å². The Hall–Kier alpha value is -2.46. The molecule has 0 atom stereocenters. The standard InChI is InChI=1S/C17H17N3O/c1-2-18-9-13-7-15(11-19-10-13)21-16-8-14-5-3-4-6-17(14)20-12-16/h3-8,10-12,18H,2,9H2,1H3. The van der Waals surface area contributed by atoms with Crippen LogP contribution in [0.25, 0.3) is 10.9 Å². The largest absolute Gasteiger partial charge is 0.454 e. The van der Waals surface area contributed by atoms with Crippen molar-refractivity contribution in [2.75, 3.05) is 6.54 Å². The molecule has 0 aliphatic heterocycles. The van der Waals surface area contributed by atoms with Crippen LogP contribution in [0.15, 0.2) is 55.0 Å². The molecule has 0 saturated heterocycles. The zero-order valence-corrected chi connectivity index (χ0v) is 11.9. The Balaban J connectivity index is 1.81. The molecule has 3 rings (SSSR count). The smallest absolute Gasteiger partial charge is 0.146 e. The van der Waals surface area contributed by atoms with E-state index in [0.717, 1.165) is 41.1 Å². The van der Waals surface area contributed by atoms with Crippen molar-refractivity contribution in [3.63, 3.8) is 0 Å². The summed E-state index contributed by atoms with van der Waals surface area (Å²) in [4.78, 5) is 8.60. The lowest BCUT2D eigenvalue weighted by molar-refractivity contribution is 0.477. The number of rotatable bonds is 5. The van der Waals surface area contributed by atoms with Gasteiger partial charge in [-0.3, -0.25) is 9.97 Å². The minimum absolute atomic E-state index is 0.719. The zero-order valence-electron chi connectivity index (χ0n) is 11.9. The maximum Gasteiger partial charge on any atom is 0.146 e. The van der Waals surface area contributed by atoms with E-state index in [1.807, 2.05) is 42.6 Å². The van der Waals surface area contributed by atoms with Crippen molar-refractivity contribution in [1.82, 2.24) is 15.3 Å². The van der Waals surface area contributed by atoms with E-state index < -0.39 is 0 Å². The van der Waals surface area contributed by atoms with Crippen LogP contribution in [0.2, 0.25) is 0 Å². The van der Waals surface area contributed by atoms with Crippen LogP contribution < -0.4 is 10.1 Å². The minimum atomic E-state index is 0.719. The Morgan fingerprint density at radius 1 is 1.05 bits per heavy atom. The Bertz CT molecular complexity index is 743. The summed E-state index contributed by atoms with van der Waals surface area (Å²) in [6, 6.07) is 12.0. The maximum absolute atomic E-state index is 5.85. The van der Waals surface area contributed by atoms with Crippen molar-refractivity contribution in [3.05, 3.63) is 60.6 Å². The molecule has 106 valence electrons. The first-order valence-corrected chi connectivity index (χ1v) is 7.02. The topological polar surface area (TPSA) is 47.0 Å². The van der Waals surface area contributed by atoms with Gasteiger partial charge in [0.05, 0.1) is 17.9 Å². The highest BCUT2D eigenvalue weighted by Crippen LogP contribution is 2.24. The summed E-state index contributed by atoms with van der Waals surface area (Å²) in [5, 5.41) is 4.33. The predicted octanol–water partition coefficient (Wildman–Crippen LogP) is 3.53. The second-order valence-electron chi connectivity index (χ2n) is 4.78. The van der Waals surface area contributed by atoms with Crippen LogP contribution >= 0.6 is 0 Å². The normalized spacial score (nSPS) is 10.7. The van der Waals surface area contributed by atoms with Crippen molar-refractivity contribution < 1.29 is 4.74 Å². The van der Waals surface area contributed by atoms with E-state index in [-0.39, 0.29) is 0 Å². The van der Waals surface area contributed by atoms with Gasteiger partial charge in [0.1, 0.15) is 11.5 Å². The highest BCUT2D eigenvalue weighted by atomic mass is 16.5. The highest BCUT2D eigenvalue weighted by Gasteiger charge is 2.02. The van der Waals surface area contributed by atoms with Crippen LogP contribution in [-0.2, 0) is 6.54 Å². The second kappa shape index (κ2) is 6.33. The van der Waals surface area contributed by atoms with Gasteiger partial charge in [0.25, 0.3) is 0 Å². The molecule has 4 heteroatoms. The van der Waals surface area contributed by atoms with Crippen LogP contribution in [0.1, 0.15) is 12.5 Å². The number of hydrogen-bond donors (Lipinski definition) is 1. The number of ether oxygens (including phenoxy) is 1. The molecule has 0 amide bonds. The fourth-order valence-corrected chi connectivity index (χ4v) is 2.13. The maximum atomic E-state index is 5.85. The van der Waals surface area contributed by atoms with Crippen LogP contribution in [0.3, 0.4) is 0 Å². The van der Waals surface area contributed by atoms with Crippen molar-refractivity contribution in [2.45, 2.75) is 13.5 Å². The fraction of sp³-hybridized carbons (Fsp3) is 0.176. The predicted molar refractivity (Wildman–Crippen MR) is 83.4 cm³/mol. The zero-order chi connectivity index (χ0) is 14.5. The molecule has 21 heavy (non-hydrogen) atoms. The lowest BCUT2D eigenvalue weighted by Crippen LogP contribution is -2.11. The summed E-state index contributed by atoms with van der Waals surface area (Å²) in [6.07, 6.45) is 5.29. The summed E-state index contributed by atoms with van der Waals surface area (Å²) < 4.78 is 5.85. The summed E-state index contributed by atoms with van der Waals surface area (Å²) in [5.41, 5.74) is 2.06. The first-order valence-electron chi connectivity index (χ1n) is 7.02. The average Bonchev–Trinajstić information content (AvgIpc) is 2.53. The van der Waals surface area contributed by atoms with Crippen molar-refractivity contribution >= 4 is 10.9 Å². The monoisotopic (exact) mass is 279 g/mol. The summed E-state index contributed by atoms with van der Waals surface area (Å²) >= 11 is 0. The number of nitrogens with one attached hydrogen (secondary N) is 1. The molecule has 0 fully saturated rings. The van der Waals surface area contributed by atoms with Crippen molar-refractivity contribution in [3.8, 4) is 11.5 Å². The van der Waals surface area contributed by atoms with E-state index in [9.17, 15) is 0 Å². The number of nitrogens with zero attached hydrogens (tertiary/aromatic N) is 2. The molecule has 0 spiro atoms. The summed E-state index contributed by atoms with van der Waals surface area (Å²) in [5.74, 6) is 1.44. The van der Waals surface area contributed by atoms with Gasteiger partial charge in [0.2, 0.25) is 0 Å². The number of benzene rings is 1. The van der Waals surface area contributed by atoms with E-state index in [4.69, 9.17) is 4.74 Å². The number of hydrogen-bond acceptors (Lipinski definition) is 4. The molecule has 2 heterocycles. The molecule has 0 aliphatic rings. The van der Waals surface area contributed by atoms with E-state index in [1.54, 1.807) is 12.4 Å². The first kappa shape index (κ1) is 13.5. The lowest BCUT2D eigenvalue weighted by Gasteiger charge is -2.08. The molecule has 1 N–H and O–H groups in total. The van der Waals surface area contributed by atoms with Gasteiger partial charge in [0, 0.05) is 18.1 Å². The lowest BCUT2D eigenvalue weighted by atomic mass is 10.2. The van der Waals surface area contributed by atoms with E-state index >= 15 is 0 Å². The minimum Gasteiger partial charge on any atom is -0.454 e. The average molecular weight is 279 g/mol. The first-order chi connectivity index (χ1) is 10.3. The van der Waals surface area contributed by atoms with Gasteiger partial charge in [0.15, 0.2) is 0 Å². The molecule has 0 radical (unpaired) electrons. The molecular weight excluding hydrogens is 262 g/mol. The molecule has 0 saturated carbocycles. The number of para-hydroxylation sites is 1. The Morgan fingerprint density at radius 3 is 2.81 bits per heavy atom. The number of pyridine rings is 2. The third-order valence-corrected chi connectivity index (χ3v) is 3.15. The quantitative estimate of drug-likeness (QED) is 0.776. The Morgan fingerprint density at radius 2 is 1.90 bits per heavy atom. The van der Waals surface area contributed by atoms with Gasteiger partial charge < -0.3 is 10.1 Å². The molecule has 4 nitrogen and oxygen atoms in total. The van der Waals surface area contributed by atoms with Crippen LogP contribution in [0.5, 0.6) is 11.5 Å². The molecule has 0 bridgehead atoms. The highest BCUT2D eigenvalue weighted by molar-refractivity contribution is 5.79. The van der Waals surface area contributed by atoms with E-state index in [1.165, 1.54) is 0 Å². The van der Waals surface area contributed by atoms with Gasteiger partial charge in [-0.1, -0.05) is 25.1 Å². The molecule has 0 aliphatic carbocycles. The van der Waals surface area contributed by atoms with Crippen LogP contribution in [0.4, 0.5) is 0 Å². The summed E-state index contributed by atoms with van der Waals surface area (Å²) in [7, 11) is 0. The third kappa shape index (κ3) is 3.35.